The summed E-state index contributed by atoms with van der Waals surface area (Å²) < 4.78 is 26.2. The van der Waals surface area contributed by atoms with E-state index >= 15 is 0 Å². The van der Waals surface area contributed by atoms with Crippen LogP contribution in [0.5, 0.6) is 0 Å². The maximum atomic E-state index is 13.3. The van der Waals surface area contributed by atoms with Gasteiger partial charge in [-0.15, -0.1) is 0 Å². The van der Waals surface area contributed by atoms with Gasteiger partial charge in [0.1, 0.15) is 11.6 Å². The molecule has 82 valence electrons. The summed E-state index contributed by atoms with van der Waals surface area (Å²) in [4.78, 5) is 0. The summed E-state index contributed by atoms with van der Waals surface area (Å²) in [6, 6.07) is 3.78. The lowest BCUT2D eigenvalue weighted by Gasteiger charge is -2.23. The Morgan fingerprint density at radius 2 is 2.20 bits per heavy atom. The first-order valence-electron chi connectivity index (χ1n) is 5.05. The first-order chi connectivity index (χ1) is 7.25. The van der Waals surface area contributed by atoms with Crippen LogP contribution in [0, 0.1) is 11.6 Å². The fraction of sp³-hybridized carbons (Fsp3) is 0.455. The maximum Gasteiger partial charge on any atom is 0.146 e. The van der Waals surface area contributed by atoms with E-state index in [1.54, 1.807) is 0 Å². The molecule has 4 heteroatoms. The molecule has 1 aromatic carbocycles. The highest BCUT2D eigenvalue weighted by Crippen LogP contribution is 2.22. The van der Waals surface area contributed by atoms with E-state index in [1.165, 1.54) is 11.8 Å². The minimum absolute atomic E-state index is 0.264. The maximum absolute atomic E-state index is 13.3. The van der Waals surface area contributed by atoms with Crippen molar-refractivity contribution in [1.29, 1.82) is 0 Å². The van der Waals surface area contributed by atoms with Crippen molar-refractivity contribution < 1.29 is 8.78 Å². The third-order valence-corrected chi connectivity index (χ3v) is 3.66. The van der Waals surface area contributed by atoms with E-state index in [-0.39, 0.29) is 17.5 Å². The summed E-state index contributed by atoms with van der Waals surface area (Å²) in [5.41, 5.74) is 0.280. The monoisotopic (exact) mass is 229 g/mol. The topological polar surface area (TPSA) is 12.0 Å². The number of halogens is 2. The van der Waals surface area contributed by atoms with Gasteiger partial charge in [0.2, 0.25) is 0 Å². The van der Waals surface area contributed by atoms with Crippen molar-refractivity contribution in [1.82, 2.24) is 0 Å². The summed E-state index contributed by atoms with van der Waals surface area (Å²) >= 11 is 1.85. The molecule has 1 aromatic rings. The van der Waals surface area contributed by atoms with Crippen LogP contribution in [-0.2, 0) is 0 Å². The van der Waals surface area contributed by atoms with Gasteiger partial charge in [-0.2, -0.15) is 11.8 Å². The number of benzene rings is 1. The molecule has 1 unspecified atom stereocenters. The lowest BCUT2D eigenvalue weighted by molar-refractivity contribution is 0.596. The Kier molecular flexibility index (Phi) is 3.46. The largest absolute Gasteiger partial charge is 0.379 e. The van der Waals surface area contributed by atoms with Crippen LogP contribution >= 0.6 is 11.8 Å². The lowest BCUT2D eigenvalue weighted by atomic mass is 10.1. The second-order valence-corrected chi connectivity index (χ2v) is 4.83. The van der Waals surface area contributed by atoms with Gasteiger partial charge in [0, 0.05) is 11.8 Å². The van der Waals surface area contributed by atoms with Crippen LogP contribution in [0.15, 0.2) is 18.2 Å². The van der Waals surface area contributed by atoms with Crippen LogP contribution in [0.2, 0.25) is 0 Å². The third kappa shape index (κ3) is 2.84. The van der Waals surface area contributed by atoms with E-state index in [9.17, 15) is 8.78 Å². The highest BCUT2D eigenvalue weighted by Gasteiger charge is 2.15. The van der Waals surface area contributed by atoms with Gasteiger partial charge in [0.15, 0.2) is 0 Å². The molecule has 1 nitrogen and oxygen atoms in total. The highest BCUT2D eigenvalue weighted by molar-refractivity contribution is 7.99. The Morgan fingerprint density at radius 1 is 1.33 bits per heavy atom. The van der Waals surface area contributed by atoms with E-state index in [2.05, 4.69) is 5.32 Å². The fourth-order valence-corrected chi connectivity index (χ4v) is 2.75. The van der Waals surface area contributed by atoms with Crippen molar-refractivity contribution in [3.63, 3.8) is 0 Å². The van der Waals surface area contributed by atoms with Crippen LogP contribution in [0.4, 0.5) is 14.5 Å². The number of nitrogens with one attached hydrogen (secondary N) is 1. The summed E-state index contributed by atoms with van der Waals surface area (Å²) in [6.07, 6.45) is 2.17. The van der Waals surface area contributed by atoms with Gasteiger partial charge in [-0.1, -0.05) is 0 Å². The van der Waals surface area contributed by atoms with Gasteiger partial charge < -0.3 is 5.32 Å². The number of thioether (sulfide) groups is 1. The molecule has 1 fully saturated rings. The molecule has 0 aromatic heterocycles. The quantitative estimate of drug-likeness (QED) is 0.835. The second kappa shape index (κ2) is 4.84. The first kappa shape index (κ1) is 10.7. The molecule has 0 amide bonds. The van der Waals surface area contributed by atoms with Crippen molar-refractivity contribution in [2.24, 2.45) is 0 Å². The van der Waals surface area contributed by atoms with Gasteiger partial charge in [0.25, 0.3) is 0 Å². The van der Waals surface area contributed by atoms with Gasteiger partial charge in [-0.3, -0.25) is 0 Å². The molecule has 1 atom stereocenters. The lowest BCUT2D eigenvalue weighted by Crippen LogP contribution is -2.26. The molecule has 0 radical (unpaired) electrons. The molecular weight excluding hydrogens is 216 g/mol. The van der Waals surface area contributed by atoms with Crippen LogP contribution in [0.3, 0.4) is 0 Å². The minimum Gasteiger partial charge on any atom is -0.379 e. The Labute approximate surface area is 92.3 Å². The molecule has 1 N–H and O–H groups in total. The molecular formula is C11H13F2NS. The molecule has 0 spiro atoms. The van der Waals surface area contributed by atoms with Crippen LogP contribution in [0.25, 0.3) is 0 Å². The fourth-order valence-electron chi connectivity index (χ4n) is 1.68. The molecule has 0 aliphatic carbocycles. The molecule has 15 heavy (non-hydrogen) atoms. The smallest absolute Gasteiger partial charge is 0.146 e. The van der Waals surface area contributed by atoms with E-state index in [0.29, 0.717) is 0 Å². The zero-order chi connectivity index (χ0) is 10.7. The Hall–Kier alpha value is -0.770. The summed E-state index contributed by atoms with van der Waals surface area (Å²) in [7, 11) is 0. The summed E-state index contributed by atoms with van der Waals surface area (Å²) in [5, 5.41) is 3.05. The zero-order valence-corrected chi connectivity index (χ0v) is 9.12. The predicted molar refractivity (Wildman–Crippen MR) is 60.3 cm³/mol. The number of anilines is 1. The number of hydrogen-bond acceptors (Lipinski definition) is 2. The van der Waals surface area contributed by atoms with Gasteiger partial charge in [-0.25, -0.2) is 8.78 Å². The van der Waals surface area contributed by atoms with Gasteiger partial charge >= 0.3 is 0 Å². The zero-order valence-electron chi connectivity index (χ0n) is 8.30. The number of rotatable bonds is 2. The average Bonchev–Trinajstić information content (AvgIpc) is 2.25. The highest BCUT2D eigenvalue weighted by atomic mass is 32.2. The molecule has 1 aliphatic rings. The van der Waals surface area contributed by atoms with Crippen molar-refractivity contribution in [3.05, 3.63) is 29.8 Å². The molecule has 1 aliphatic heterocycles. The molecule has 1 heterocycles. The van der Waals surface area contributed by atoms with E-state index in [4.69, 9.17) is 0 Å². The van der Waals surface area contributed by atoms with Crippen molar-refractivity contribution >= 4 is 17.4 Å². The van der Waals surface area contributed by atoms with Crippen molar-refractivity contribution in [3.8, 4) is 0 Å². The van der Waals surface area contributed by atoms with Crippen LogP contribution in [0.1, 0.15) is 12.8 Å². The average molecular weight is 229 g/mol. The van der Waals surface area contributed by atoms with Crippen LogP contribution in [-0.4, -0.2) is 17.5 Å². The standard InChI is InChI=1S/C11H13F2NS/c12-8-3-4-10(13)11(6-8)14-9-2-1-5-15-7-9/h3-4,6,9,14H,1-2,5,7H2. The molecule has 1 saturated heterocycles. The minimum atomic E-state index is -0.401. The van der Waals surface area contributed by atoms with Gasteiger partial charge in [-0.05, 0) is 36.8 Å². The Bertz CT molecular complexity index is 337. The Balaban J connectivity index is 2.05. The second-order valence-electron chi connectivity index (χ2n) is 3.68. The molecule has 0 bridgehead atoms. The Morgan fingerprint density at radius 3 is 2.93 bits per heavy atom. The summed E-state index contributed by atoms with van der Waals surface area (Å²) in [6.45, 7) is 0. The van der Waals surface area contributed by atoms with E-state index in [0.717, 1.165) is 30.7 Å². The molecule has 0 saturated carbocycles. The first-order valence-corrected chi connectivity index (χ1v) is 6.20. The van der Waals surface area contributed by atoms with E-state index in [1.807, 2.05) is 11.8 Å². The normalized spacial score (nSPS) is 21.3. The summed E-state index contributed by atoms with van der Waals surface area (Å²) in [5.74, 6) is 1.36. The van der Waals surface area contributed by atoms with Crippen molar-refractivity contribution in [2.45, 2.75) is 18.9 Å². The molecule has 2 rings (SSSR count). The number of hydrogen-bond donors (Lipinski definition) is 1. The SMILES string of the molecule is Fc1ccc(F)c(NC2CCCSC2)c1. The van der Waals surface area contributed by atoms with E-state index < -0.39 is 5.82 Å². The van der Waals surface area contributed by atoms with Crippen molar-refractivity contribution in [2.75, 3.05) is 16.8 Å². The predicted octanol–water partition coefficient (Wildman–Crippen LogP) is 3.27. The van der Waals surface area contributed by atoms with Crippen LogP contribution < -0.4 is 5.32 Å². The van der Waals surface area contributed by atoms with Gasteiger partial charge in [0.05, 0.1) is 5.69 Å². The third-order valence-electron chi connectivity index (χ3n) is 2.45.